The molecule has 1 N–H and O–H groups in total. The van der Waals surface area contributed by atoms with Gasteiger partial charge in [0, 0.05) is 77.1 Å². The van der Waals surface area contributed by atoms with Crippen LogP contribution in [0.4, 0.5) is 5.69 Å². The first-order valence-corrected chi connectivity index (χ1v) is 9.89. The van der Waals surface area contributed by atoms with Gasteiger partial charge >= 0.3 is 0 Å². The van der Waals surface area contributed by atoms with Crippen LogP contribution >= 0.6 is 0 Å². The van der Waals surface area contributed by atoms with Crippen molar-refractivity contribution in [2.75, 3.05) is 64.3 Å². The van der Waals surface area contributed by atoms with Crippen molar-refractivity contribution in [1.29, 1.82) is 0 Å². The number of rotatable bonds is 4. The van der Waals surface area contributed by atoms with Gasteiger partial charge in [-0.3, -0.25) is 10.2 Å². The summed E-state index contributed by atoms with van der Waals surface area (Å²) in [5.74, 6) is 1.23. The van der Waals surface area contributed by atoms with E-state index in [9.17, 15) is 4.79 Å². The third-order valence-electron chi connectivity index (χ3n) is 6.41. The van der Waals surface area contributed by atoms with Gasteiger partial charge in [0.1, 0.15) is 0 Å². The molecule has 0 saturated carbocycles. The Hall–Kier alpha value is -1.63. The van der Waals surface area contributed by atoms with E-state index in [1.807, 2.05) is 6.07 Å². The second-order valence-corrected chi connectivity index (χ2v) is 8.04. The second kappa shape index (κ2) is 7.55. The van der Waals surface area contributed by atoms with Crippen molar-refractivity contribution in [3.8, 4) is 0 Å². The molecule has 0 radical (unpaired) electrons. The molecule has 26 heavy (non-hydrogen) atoms. The minimum absolute atomic E-state index is 0.209. The summed E-state index contributed by atoms with van der Waals surface area (Å²) in [6.07, 6.45) is 0. The number of piperazine rings is 1. The molecule has 0 aromatic heterocycles. The fourth-order valence-electron chi connectivity index (χ4n) is 4.40. The van der Waals surface area contributed by atoms with Gasteiger partial charge < -0.3 is 14.7 Å². The molecule has 4 rings (SSSR count). The van der Waals surface area contributed by atoms with E-state index in [-0.39, 0.29) is 5.92 Å². The highest BCUT2D eigenvalue weighted by Gasteiger charge is 2.39. The molecule has 1 aromatic rings. The van der Waals surface area contributed by atoms with Gasteiger partial charge in [0.25, 0.3) is 0 Å². The third kappa shape index (κ3) is 3.59. The Kier molecular flexibility index (Phi) is 5.16. The molecule has 0 bridgehead atoms. The molecule has 3 aliphatic heterocycles. The molecule has 1 amide bonds. The highest BCUT2D eigenvalue weighted by molar-refractivity contribution is 5.80. The van der Waals surface area contributed by atoms with E-state index >= 15 is 0 Å². The number of carbonyl (C=O) groups is 1. The summed E-state index contributed by atoms with van der Waals surface area (Å²) >= 11 is 0. The average molecular weight is 358 g/mol. The van der Waals surface area contributed by atoms with E-state index < -0.39 is 0 Å². The molecular formula is C20H31N5O. The molecule has 3 fully saturated rings. The largest absolute Gasteiger partial charge is 0.368 e. The van der Waals surface area contributed by atoms with Crippen LogP contribution in [-0.4, -0.2) is 86.2 Å². The molecule has 3 aliphatic rings. The molecule has 142 valence electrons. The van der Waals surface area contributed by atoms with Crippen molar-refractivity contribution >= 4 is 11.6 Å². The van der Waals surface area contributed by atoms with Crippen LogP contribution < -0.4 is 10.3 Å². The number of amides is 1. The molecular weight excluding hydrogens is 326 g/mol. The molecule has 2 unspecified atom stereocenters. The van der Waals surface area contributed by atoms with Gasteiger partial charge in [0.05, 0.1) is 5.92 Å². The quantitative estimate of drug-likeness (QED) is 0.860. The van der Waals surface area contributed by atoms with Crippen LogP contribution in [0.1, 0.15) is 6.92 Å². The normalized spacial score (nSPS) is 28.4. The number of hydrogen-bond acceptors (Lipinski definition) is 5. The van der Waals surface area contributed by atoms with E-state index in [1.165, 1.54) is 5.69 Å². The van der Waals surface area contributed by atoms with Crippen molar-refractivity contribution in [2.45, 2.75) is 13.0 Å². The number of anilines is 1. The first kappa shape index (κ1) is 17.8. The fraction of sp³-hybridized carbons (Fsp3) is 0.650. The topological polar surface area (TPSA) is 42.1 Å². The highest BCUT2D eigenvalue weighted by Crippen LogP contribution is 2.24. The van der Waals surface area contributed by atoms with Crippen molar-refractivity contribution < 1.29 is 4.79 Å². The molecule has 0 aliphatic carbocycles. The lowest BCUT2D eigenvalue weighted by Crippen LogP contribution is -2.58. The Balaban J connectivity index is 1.21. The molecule has 6 heteroatoms. The van der Waals surface area contributed by atoms with Crippen molar-refractivity contribution in [3.05, 3.63) is 30.3 Å². The SMILES string of the molecule is CC1C(CN2CC(C(=O)N3CCN(c4ccccc4)CC3)C2)CNN1C. The van der Waals surface area contributed by atoms with Gasteiger partial charge in [-0.15, -0.1) is 0 Å². The molecule has 0 spiro atoms. The lowest BCUT2D eigenvalue weighted by Gasteiger charge is -2.44. The molecule has 3 heterocycles. The number of hydrazine groups is 1. The summed E-state index contributed by atoms with van der Waals surface area (Å²) < 4.78 is 0. The van der Waals surface area contributed by atoms with Crippen LogP contribution in [0.5, 0.6) is 0 Å². The molecule has 1 aromatic carbocycles. The number of carbonyl (C=O) groups excluding carboxylic acids is 1. The Morgan fingerprint density at radius 3 is 2.42 bits per heavy atom. The first-order chi connectivity index (χ1) is 12.6. The van der Waals surface area contributed by atoms with Crippen LogP contribution in [0.2, 0.25) is 0 Å². The maximum atomic E-state index is 12.8. The summed E-state index contributed by atoms with van der Waals surface area (Å²) in [7, 11) is 2.11. The number of hydrogen-bond donors (Lipinski definition) is 1. The van der Waals surface area contributed by atoms with E-state index in [0.29, 0.717) is 17.9 Å². The predicted octanol–water partition coefficient (Wildman–Crippen LogP) is 0.722. The average Bonchev–Trinajstić information content (AvgIpc) is 2.96. The van der Waals surface area contributed by atoms with Gasteiger partial charge in [-0.1, -0.05) is 18.2 Å². The minimum Gasteiger partial charge on any atom is -0.368 e. The van der Waals surface area contributed by atoms with E-state index in [1.54, 1.807) is 0 Å². The van der Waals surface area contributed by atoms with Gasteiger partial charge in [-0.25, -0.2) is 5.01 Å². The second-order valence-electron chi connectivity index (χ2n) is 8.04. The molecule has 6 nitrogen and oxygen atoms in total. The third-order valence-corrected chi connectivity index (χ3v) is 6.41. The van der Waals surface area contributed by atoms with Crippen LogP contribution in [0.3, 0.4) is 0 Å². The Morgan fingerprint density at radius 2 is 1.81 bits per heavy atom. The minimum atomic E-state index is 0.209. The summed E-state index contributed by atoms with van der Waals surface area (Å²) in [5.41, 5.74) is 4.67. The lowest BCUT2D eigenvalue weighted by atomic mass is 9.94. The Morgan fingerprint density at radius 1 is 1.12 bits per heavy atom. The van der Waals surface area contributed by atoms with Crippen molar-refractivity contribution in [1.82, 2.24) is 20.2 Å². The first-order valence-electron chi connectivity index (χ1n) is 9.89. The zero-order chi connectivity index (χ0) is 18.1. The number of nitrogens with zero attached hydrogens (tertiary/aromatic N) is 4. The standard InChI is InChI=1S/C20H31N5O/c1-16-17(12-21-22(16)2)13-23-14-18(15-23)20(26)25-10-8-24(9-11-25)19-6-4-3-5-7-19/h3-7,16-18,21H,8-15H2,1-2H3. The highest BCUT2D eigenvalue weighted by atomic mass is 16.2. The zero-order valence-electron chi connectivity index (χ0n) is 16.0. The maximum Gasteiger partial charge on any atom is 0.228 e. The smallest absolute Gasteiger partial charge is 0.228 e. The summed E-state index contributed by atoms with van der Waals surface area (Å²) in [6, 6.07) is 11.1. The van der Waals surface area contributed by atoms with Gasteiger partial charge in [0.15, 0.2) is 0 Å². The van der Waals surface area contributed by atoms with E-state index in [0.717, 1.165) is 52.4 Å². The number of para-hydroxylation sites is 1. The van der Waals surface area contributed by atoms with Crippen LogP contribution in [-0.2, 0) is 4.79 Å². The lowest BCUT2D eigenvalue weighted by molar-refractivity contribution is -0.141. The molecule has 3 saturated heterocycles. The monoisotopic (exact) mass is 357 g/mol. The predicted molar refractivity (Wildman–Crippen MR) is 104 cm³/mol. The van der Waals surface area contributed by atoms with E-state index in [2.05, 4.69) is 63.4 Å². The van der Waals surface area contributed by atoms with Gasteiger partial charge in [-0.05, 0) is 19.1 Å². The zero-order valence-corrected chi connectivity index (χ0v) is 16.0. The Bertz CT molecular complexity index is 610. The number of likely N-dealkylation sites (tertiary alicyclic amines) is 1. The molecule has 2 atom stereocenters. The van der Waals surface area contributed by atoms with E-state index in [4.69, 9.17) is 0 Å². The van der Waals surface area contributed by atoms with Crippen LogP contribution in [0.15, 0.2) is 30.3 Å². The maximum absolute atomic E-state index is 12.8. The van der Waals surface area contributed by atoms with Crippen LogP contribution in [0.25, 0.3) is 0 Å². The summed E-state index contributed by atoms with van der Waals surface area (Å²) in [6.45, 7) is 9.86. The summed E-state index contributed by atoms with van der Waals surface area (Å²) in [5, 5.41) is 2.21. The fourth-order valence-corrected chi connectivity index (χ4v) is 4.40. The summed E-state index contributed by atoms with van der Waals surface area (Å²) in [4.78, 5) is 19.7. The number of nitrogens with one attached hydrogen (secondary N) is 1. The van der Waals surface area contributed by atoms with Crippen LogP contribution in [0, 0.1) is 11.8 Å². The van der Waals surface area contributed by atoms with Gasteiger partial charge in [0.2, 0.25) is 5.91 Å². The van der Waals surface area contributed by atoms with Crippen molar-refractivity contribution in [2.24, 2.45) is 11.8 Å². The van der Waals surface area contributed by atoms with Crippen molar-refractivity contribution in [3.63, 3.8) is 0 Å². The Labute approximate surface area is 156 Å². The van der Waals surface area contributed by atoms with Gasteiger partial charge in [-0.2, -0.15) is 0 Å². The number of benzene rings is 1.